The summed E-state index contributed by atoms with van der Waals surface area (Å²) in [6.45, 7) is 5.22. The Balaban J connectivity index is 3.80. The largest absolute Gasteiger partial charge is 0.513 e. The van der Waals surface area contributed by atoms with Crippen LogP contribution < -0.4 is 0 Å². The maximum atomic E-state index is 10.9. The number of carbonyl (C=O) groups excluding carboxylic acids is 2. The molecule has 0 N–H and O–H groups in total. The number of ether oxygens (including phenoxy) is 2. The average molecular weight is 198 g/mol. The molecule has 0 fully saturated rings. The van der Waals surface area contributed by atoms with Crippen LogP contribution in [0, 0.1) is 0 Å². The van der Waals surface area contributed by atoms with Gasteiger partial charge < -0.3 is 9.47 Å². The molecule has 0 aliphatic carbocycles. The van der Waals surface area contributed by atoms with Crippen molar-refractivity contribution < 1.29 is 19.1 Å². The van der Waals surface area contributed by atoms with Gasteiger partial charge in [-0.3, -0.25) is 4.79 Å². The molecule has 4 nitrogen and oxygen atoms in total. The maximum Gasteiger partial charge on any atom is 0.513 e. The Morgan fingerprint density at radius 1 is 1.14 bits per heavy atom. The Morgan fingerprint density at radius 3 is 2.29 bits per heavy atom. The van der Waals surface area contributed by atoms with Crippen molar-refractivity contribution in [2.75, 3.05) is 0 Å². The number of rotatable bonds is 3. The van der Waals surface area contributed by atoms with Gasteiger partial charge in [0.2, 0.25) is 0 Å². The Labute approximate surface area is 83.2 Å². The first kappa shape index (κ1) is 12.4. The Hall–Kier alpha value is -1.58. The topological polar surface area (TPSA) is 52.6 Å². The van der Waals surface area contributed by atoms with Crippen molar-refractivity contribution in [2.24, 2.45) is 0 Å². The molecule has 0 radical (unpaired) electrons. The van der Waals surface area contributed by atoms with E-state index >= 15 is 0 Å². The number of hydrogen-bond acceptors (Lipinski definition) is 4. The molecule has 0 bridgehead atoms. The van der Waals surface area contributed by atoms with Gasteiger partial charge in [0.1, 0.15) is 11.9 Å². The summed E-state index contributed by atoms with van der Waals surface area (Å²) in [4.78, 5) is 20.7. The van der Waals surface area contributed by atoms with Crippen LogP contribution in [0.4, 0.5) is 4.79 Å². The lowest BCUT2D eigenvalue weighted by Gasteiger charge is -2.17. The third kappa shape index (κ3) is 8.52. The van der Waals surface area contributed by atoms with Gasteiger partial charge in [-0.05, 0) is 32.9 Å². The second-order valence-corrected chi connectivity index (χ2v) is 3.43. The first-order valence-electron chi connectivity index (χ1n) is 4.12. The van der Waals surface area contributed by atoms with Crippen molar-refractivity contribution in [3.05, 3.63) is 24.5 Å². The molecule has 0 aliphatic heterocycles. The predicted octanol–water partition coefficient (Wildman–Crippen LogP) is 2.21. The third-order valence-corrected chi connectivity index (χ3v) is 0.933. The van der Waals surface area contributed by atoms with E-state index < -0.39 is 11.8 Å². The normalized spacial score (nSPS) is 11.9. The van der Waals surface area contributed by atoms with Gasteiger partial charge >= 0.3 is 6.16 Å². The van der Waals surface area contributed by atoms with Gasteiger partial charge in [0.15, 0.2) is 0 Å². The Kier molecular flexibility index (Phi) is 5.29. The highest BCUT2D eigenvalue weighted by Crippen LogP contribution is 2.07. The van der Waals surface area contributed by atoms with E-state index in [1.165, 1.54) is 18.2 Å². The Bertz CT molecular complexity index is 245. The van der Waals surface area contributed by atoms with Gasteiger partial charge in [-0.25, -0.2) is 4.79 Å². The molecule has 0 aromatic rings. The summed E-state index contributed by atoms with van der Waals surface area (Å²) in [5.41, 5.74) is -0.566. The first-order valence-corrected chi connectivity index (χ1v) is 4.12. The molecule has 0 amide bonds. The molecule has 0 atom stereocenters. The molecule has 14 heavy (non-hydrogen) atoms. The van der Waals surface area contributed by atoms with Crippen molar-refractivity contribution >= 4 is 12.4 Å². The molecule has 0 unspecified atom stereocenters. The van der Waals surface area contributed by atoms with Crippen molar-refractivity contribution in [3.63, 3.8) is 0 Å². The summed E-state index contributed by atoms with van der Waals surface area (Å²) in [5.74, 6) is 0. The summed E-state index contributed by atoms with van der Waals surface area (Å²) >= 11 is 0. The molecule has 0 spiro atoms. The smallest absolute Gasteiger partial charge is 0.428 e. The van der Waals surface area contributed by atoms with Gasteiger partial charge in [0, 0.05) is 0 Å². The molecule has 0 aromatic carbocycles. The minimum Gasteiger partial charge on any atom is -0.428 e. The van der Waals surface area contributed by atoms with Crippen LogP contribution in [-0.2, 0) is 14.3 Å². The summed E-state index contributed by atoms with van der Waals surface area (Å²) in [6.07, 6.45) is 5.13. The van der Waals surface area contributed by atoms with Crippen LogP contribution in [0.25, 0.3) is 0 Å². The van der Waals surface area contributed by atoms with Crippen LogP contribution in [0.2, 0.25) is 0 Å². The maximum absolute atomic E-state index is 10.9. The summed E-state index contributed by atoms with van der Waals surface area (Å²) in [7, 11) is 0. The fraction of sp³-hybridized carbons (Fsp3) is 0.400. The quantitative estimate of drug-likeness (QED) is 0.229. The van der Waals surface area contributed by atoms with Gasteiger partial charge in [0.05, 0.1) is 6.26 Å². The molecule has 0 saturated carbocycles. The SMILES string of the molecule is CC(C)(C)OC(=O)O/C=C/C=C/C=O. The van der Waals surface area contributed by atoms with Gasteiger partial charge in [-0.15, -0.1) is 0 Å². The second kappa shape index (κ2) is 5.96. The van der Waals surface area contributed by atoms with Crippen molar-refractivity contribution in [2.45, 2.75) is 26.4 Å². The van der Waals surface area contributed by atoms with E-state index in [1.54, 1.807) is 20.8 Å². The first-order chi connectivity index (χ1) is 6.45. The van der Waals surface area contributed by atoms with Crippen LogP contribution in [0.15, 0.2) is 24.5 Å². The molecule has 0 aliphatic rings. The van der Waals surface area contributed by atoms with E-state index in [2.05, 4.69) is 4.74 Å². The van der Waals surface area contributed by atoms with Crippen LogP contribution >= 0.6 is 0 Å². The van der Waals surface area contributed by atoms with Crippen LogP contribution in [0.3, 0.4) is 0 Å². The van der Waals surface area contributed by atoms with E-state index in [0.717, 1.165) is 6.26 Å². The van der Waals surface area contributed by atoms with Crippen LogP contribution in [-0.4, -0.2) is 18.0 Å². The highest BCUT2D eigenvalue weighted by Gasteiger charge is 2.16. The summed E-state index contributed by atoms with van der Waals surface area (Å²) in [6, 6.07) is 0. The lowest BCUT2D eigenvalue weighted by molar-refractivity contribution is -0.104. The minimum atomic E-state index is -0.770. The zero-order valence-corrected chi connectivity index (χ0v) is 8.52. The lowest BCUT2D eigenvalue weighted by atomic mass is 10.2. The van der Waals surface area contributed by atoms with E-state index in [1.807, 2.05) is 0 Å². The average Bonchev–Trinajstić information content (AvgIpc) is 2.00. The van der Waals surface area contributed by atoms with Crippen molar-refractivity contribution in [3.8, 4) is 0 Å². The number of carbonyl (C=O) groups is 2. The molecule has 78 valence electrons. The second-order valence-electron chi connectivity index (χ2n) is 3.43. The van der Waals surface area contributed by atoms with Gasteiger partial charge in [-0.2, -0.15) is 0 Å². The minimum absolute atomic E-state index is 0.566. The highest BCUT2D eigenvalue weighted by atomic mass is 16.7. The lowest BCUT2D eigenvalue weighted by Crippen LogP contribution is -2.23. The monoisotopic (exact) mass is 198 g/mol. The van der Waals surface area contributed by atoms with E-state index in [0.29, 0.717) is 6.29 Å². The van der Waals surface area contributed by atoms with Gasteiger partial charge in [-0.1, -0.05) is 6.08 Å². The van der Waals surface area contributed by atoms with E-state index in [-0.39, 0.29) is 0 Å². The molecule has 0 heterocycles. The zero-order valence-electron chi connectivity index (χ0n) is 8.52. The fourth-order valence-corrected chi connectivity index (χ4v) is 0.524. The van der Waals surface area contributed by atoms with Crippen molar-refractivity contribution in [1.29, 1.82) is 0 Å². The standard InChI is InChI=1S/C10H14O4/c1-10(2,3)14-9(12)13-8-6-4-5-7-11/h4-8H,1-3H3/b5-4+,8-6+. The molecule has 4 heteroatoms. The fourth-order valence-electron chi connectivity index (χ4n) is 0.524. The Morgan fingerprint density at radius 2 is 1.79 bits per heavy atom. The molecule has 0 aromatic heterocycles. The highest BCUT2D eigenvalue weighted by molar-refractivity contribution is 5.65. The summed E-state index contributed by atoms with van der Waals surface area (Å²) < 4.78 is 9.39. The molecular weight excluding hydrogens is 184 g/mol. The number of hydrogen-bond donors (Lipinski definition) is 0. The molecule has 0 saturated heterocycles. The molecule has 0 rings (SSSR count). The number of aldehydes is 1. The summed E-state index contributed by atoms with van der Waals surface area (Å²) in [5, 5.41) is 0. The van der Waals surface area contributed by atoms with E-state index in [4.69, 9.17) is 4.74 Å². The van der Waals surface area contributed by atoms with Crippen LogP contribution in [0.5, 0.6) is 0 Å². The number of allylic oxidation sites excluding steroid dienone is 3. The van der Waals surface area contributed by atoms with Gasteiger partial charge in [0.25, 0.3) is 0 Å². The molecular formula is C10H14O4. The van der Waals surface area contributed by atoms with Crippen molar-refractivity contribution in [1.82, 2.24) is 0 Å². The third-order valence-electron chi connectivity index (χ3n) is 0.933. The predicted molar refractivity (Wildman–Crippen MR) is 51.7 cm³/mol. The zero-order chi connectivity index (χ0) is 11.0. The van der Waals surface area contributed by atoms with E-state index in [9.17, 15) is 9.59 Å². The van der Waals surface area contributed by atoms with Crippen LogP contribution in [0.1, 0.15) is 20.8 Å².